The second kappa shape index (κ2) is 6.98. The number of pyridine rings is 1. The molecule has 2 aromatic carbocycles. The number of fused-ring (bicyclic) bond motifs is 1. The molecule has 2 aromatic heterocycles. The lowest BCUT2D eigenvalue weighted by Gasteiger charge is -2.14. The predicted molar refractivity (Wildman–Crippen MR) is 104 cm³/mol. The minimum atomic E-state index is -0.187. The van der Waals surface area contributed by atoms with Crippen LogP contribution < -0.4 is 5.56 Å². The lowest BCUT2D eigenvalue weighted by molar-refractivity contribution is 0.471. The van der Waals surface area contributed by atoms with Crippen molar-refractivity contribution in [2.75, 3.05) is 0 Å². The summed E-state index contributed by atoms with van der Waals surface area (Å²) in [4.78, 5) is 21.9. The molecule has 0 amide bonds. The SMILES string of the molecule is Cc1ccc(-n2c(-c3cccnc3)nc3ccccc3c2=O)cc1O.Cl. The Morgan fingerprint density at radius 3 is 2.58 bits per heavy atom. The molecule has 2 heterocycles. The van der Waals surface area contributed by atoms with E-state index in [0.29, 0.717) is 22.4 Å². The van der Waals surface area contributed by atoms with E-state index in [1.165, 1.54) is 4.57 Å². The van der Waals surface area contributed by atoms with Crippen molar-refractivity contribution in [1.82, 2.24) is 14.5 Å². The van der Waals surface area contributed by atoms with Crippen molar-refractivity contribution in [2.24, 2.45) is 0 Å². The average Bonchev–Trinajstić information content (AvgIpc) is 2.65. The number of para-hydroxylation sites is 1. The van der Waals surface area contributed by atoms with Crippen molar-refractivity contribution in [2.45, 2.75) is 6.92 Å². The number of hydrogen-bond acceptors (Lipinski definition) is 4. The van der Waals surface area contributed by atoms with E-state index < -0.39 is 0 Å². The molecule has 0 unspecified atom stereocenters. The molecule has 0 spiro atoms. The summed E-state index contributed by atoms with van der Waals surface area (Å²) in [7, 11) is 0. The van der Waals surface area contributed by atoms with E-state index in [0.717, 1.165) is 11.1 Å². The van der Waals surface area contributed by atoms with Crippen LogP contribution in [0.15, 0.2) is 71.8 Å². The number of rotatable bonds is 2. The molecule has 0 aliphatic heterocycles. The maximum Gasteiger partial charge on any atom is 0.266 e. The summed E-state index contributed by atoms with van der Waals surface area (Å²) < 4.78 is 1.51. The zero-order chi connectivity index (χ0) is 17.4. The number of aromatic nitrogens is 3. The van der Waals surface area contributed by atoms with Crippen molar-refractivity contribution in [1.29, 1.82) is 0 Å². The molecular weight excluding hydrogens is 350 g/mol. The Hall–Kier alpha value is -3.18. The minimum absolute atomic E-state index is 0. The van der Waals surface area contributed by atoms with Crippen LogP contribution in [0.2, 0.25) is 0 Å². The molecular formula is C20H16ClN3O2. The highest BCUT2D eigenvalue weighted by Gasteiger charge is 2.15. The van der Waals surface area contributed by atoms with Crippen LogP contribution in [0.1, 0.15) is 5.56 Å². The van der Waals surface area contributed by atoms with Gasteiger partial charge in [0.2, 0.25) is 0 Å². The summed E-state index contributed by atoms with van der Waals surface area (Å²) in [5, 5.41) is 10.6. The number of aryl methyl sites for hydroxylation is 1. The Bertz CT molecular complexity index is 1140. The topological polar surface area (TPSA) is 68.0 Å². The first-order valence-electron chi connectivity index (χ1n) is 7.87. The third-order valence-corrected chi connectivity index (χ3v) is 4.15. The summed E-state index contributed by atoms with van der Waals surface area (Å²) in [5.74, 6) is 0.620. The molecule has 6 heteroatoms. The van der Waals surface area contributed by atoms with Crippen molar-refractivity contribution in [3.8, 4) is 22.8 Å². The molecule has 26 heavy (non-hydrogen) atoms. The average molecular weight is 366 g/mol. The van der Waals surface area contributed by atoms with Gasteiger partial charge < -0.3 is 5.11 Å². The number of phenolic OH excluding ortho intramolecular Hbond substituents is 1. The van der Waals surface area contributed by atoms with Crippen LogP contribution in [0.4, 0.5) is 0 Å². The van der Waals surface area contributed by atoms with Gasteiger partial charge in [0.25, 0.3) is 5.56 Å². The Morgan fingerprint density at radius 2 is 1.85 bits per heavy atom. The maximum atomic E-state index is 13.1. The molecule has 5 nitrogen and oxygen atoms in total. The minimum Gasteiger partial charge on any atom is -0.508 e. The van der Waals surface area contributed by atoms with Crippen LogP contribution in [-0.4, -0.2) is 19.6 Å². The molecule has 0 radical (unpaired) electrons. The van der Waals surface area contributed by atoms with Gasteiger partial charge in [-0.2, -0.15) is 0 Å². The molecule has 0 atom stereocenters. The fraction of sp³-hybridized carbons (Fsp3) is 0.0500. The molecule has 1 N–H and O–H groups in total. The van der Waals surface area contributed by atoms with Crippen molar-refractivity contribution < 1.29 is 5.11 Å². The van der Waals surface area contributed by atoms with Gasteiger partial charge in [-0.1, -0.05) is 18.2 Å². The highest BCUT2D eigenvalue weighted by atomic mass is 35.5. The number of benzene rings is 2. The van der Waals surface area contributed by atoms with Crippen LogP contribution in [0.5, 0.6) is 5.75 Å². The Balaban J connectivity index is 0.00000196. The van der Waals surface area contributed by atoms with E-state index in [-0.39, 0.29) is 23.7 Å². The monoisotopic (exact) mass is 365 g/mol. The highest BCUT2D eigenvalue weighted by Crippen LogP contribution is 2.25. The number of nitrogens with zero attached hydrogens (tertiary/aromatic N) is 3. The summed E-state index contributed by atoms with van der Waals surface area (Å²) in [6.07, 6.45) is 3.34. The van der Waals surface area contributed by atoms with Crippen LogP contribution in [-0.2, 0) is 0 Å². The molecule has 4 aromatic rings. The third-order valence-electron chi connectivity index (χ3n) is 4.15. The van der Waals surface area contributed by atoms with Gasteiger partial charge in [-0.15, -0.1) is 12.4 Å². The van der Waals surface area contributed by atoms with Gasteiger partial charge in [-0.25, -0.2) is 4.98 Å². The van der Waals surface area contributed by atoms with Gasteiger partial charge in [-0.05, 0) is 42.8 Å². The smallest absolute Gasteiger partial charge is 0.266 e. The predicted octanol–water partition coefficient (Wildman–Crippen LogP) is 3.88. The van der Waals surface area contributed by atoms with Crippen LogP contribution in [0.3, 0.4) is 0 Å². The number of aromatic hydroxyl groups is 1. The second-order valence-corrected chi connectivity index (χ2v) is 5.81. The normalized spacial score (nSPS) is 10.5. The first-order chi connectivity index (χ1) is 12.1. The molecule has 0 saturated heterocycles. The Labute approximate surface area is 156 Å². The Morgan fingerprint density at radius 1 is 1.04 bits per heavy atom. The lowest BCUT2D eigenvalue weighted by Crippen LogP contribution is -2.22. The second-order valence-electron chi connectivity index (χ2n) is 5.81. The van der Waals surface area contributed by atoms with Gasteiger partial charge in [0.1, 0.15) is 11.6 Å². The van der Waals surface area contributed by atoms with E-state index in [9.17, 15) is 9.90 Å². The van der Waals surface area contributed by atoms with Gasteiger partial charge in [-0.3, -0.25) is 14.3 Å². The van der Waals surface area contributed by atoms with E-state index in [1.54, 1.807) is 42.7 Å². The first kappa shape index (κ1) is 17.6. The standard InChI is InChI=1S/C20H15N3O2.ClH/c1-13-8-9-15(11-18(13)24)23-19(14-5-4-10-21-12-14)22-17-7-3-2-6-16(17)20(23)25;/h2-12,24H,1H3;1H. The summed E-state index contributed by atoms with van der Waals surface area (Å²) in [6.45, 7) is 1.81. The van der Waals surface area contributed by atoms with Gasteiger partial charge in [0.15, 0.2) is 0 Å². The van der Waals surface area contributed by atoms with Crippen molar-refractivity contribution in [3.63, 3.8) is 0 Å². The highest BCUT2D eigenvalue weighted by molar-refractivity contribution is 5.85. The molecule has 0 aliphatic carbocycles. The largest absolute Gasteiger partial charge is 0.508 e. The van der Waals surface area contributed by atoms with Gasteiger partial charge in [0.05, 0.1) is 16.6 Å². The van der Waals surface area contributed by atoms with E-state index in [4.69, 9.17) is 0 Å². The first-order valence-corrected chi connectivity index (χ1v) is 7.87. The zero-order valence-corrected chi connectivity index (χ0v) is 14.8. The quantitative estimate of drug-likeness (QED) is 0.585. The summed E-state index contributed by atoms with van der Waals surface area (Å²) >= 11 is 0. The van der Waals surface area contributed by atoms with E-state index >= 15 is 0 Å². The van der Waals surface area contributed by atoms with Crippen molar-refractivity contribution >= 4 is 23.3 Å². The van der Waals surface area contributed by atoms with Crippen LogP contribution in [0, 0.1) is 6.92 Å². The van der Waals surface area contributed by atoms with Crippen molar-refractivity contribution in [3.05, 3.63) is 82.9 Å². The maximum absolute atomic E-state index is 13.1. The lowest BCUT2D eigenvalue weighted by atomic mass is 10.1. The Kier molecular flexibility index (Phi) is 4.73. The van der Waals surface area contributed by atoms with E-state index in [2.05, 4.69) is 9.97 Å². The fourth-order valence-electron chi connectivity index (χ4n) is 2.80. The van der Waals surface area contributed by atoms with Gasteiger partial charge >= 0.3 is 0 Å². The molecule has 0 saturated carbocycles. The van der Waals surface area contributed by atoms with Crippen LogP contribution >= 0.6 is 12.4 Å². The summed E-state index contributed by atoms with van der Waals surface area (Å²) in [6, 6.07) is 16.0. The number of phenols is 1. The number of halogens is 1. The van der Waals surface area contributed by atoms with Crippen LogP contribution in [0.25, 0.3) is 28.0 Å². The van der Waals surface area contributed by atoms with Gasteiger partial charge in [0, 0.05) is 24.0 Å². The van der Waals surface area contributed by atoms with E-state index in [1.807, 2.05) is 31.2 Å². The fourth-order valence-corrected chi connectivity index (χ4v) is 2.80. The third kappa shape index (κ3) is 2.93. The zero-order valence-electron chi connectivity index (χ0n) is 14.0. The summed E-state index contributed by atoms with van der Waals surface area (Å²) in [5.41, 5.74) is 2.47. The molecule has 4 rings (SSSR count). The molecule has 0 fully saturated rings. The molecule has 0 aliphatic rings. The molecule has 0 bridgehead atoms. The number of hydrogen-bond donors (Lipinski definition) is 1. The molecule has 130 valence electrons.